The number of furan rings is 1. The second-order valence-corrected chi connectivity index (χ2v) is 6.12. The quantitative estimate of drug-likeness (QED) is 0.904. The zero-order valence-electron chi connectivity index (χ0n) is 13.0. The largest absolute Gasteiger partial charge is 0.467 e. The zero-order valence-corrected chi connectivity index (χ0v) is 13.0. The van der Waals surface area contributed by atoms with Gasteiger partial charge in [-0.2, -0.15) is 0 Å². The van der Waals surface area contributed by atoms with Crippen LogP contribution >= 0.6 is 0 Å². The summed E-state index contributed by atoms with van der Waals surface area (Å²) in [5.41, 5.74) is 0. The highest BCUT2D eigenvalue weighted by molar-refractivity contribution is 5.84. The van der Waals surface area contributed by atoms with Crippen molar-refractivity contribution < 1.29 is 14.0 Å². The van der Waals surface area contributed by atoms with Gasteiger partial charge in [-0.25, -0.2) is 0 Å². The molecule has 0 saturated carbocycles. The Morgan fingerprint density at radius 1 is 1.52 bits per heavy atom. The Kier molecular flexibility index (Phi) is 5.04. The molecule has 5 heteroatoms. The van der Waals surface area contributed by atoms with Gasteiger partial charge in [0.05, 0.1) is 18.7 Å². The van der Waals surface area contributed by atoms with E-state index in [2.05, 4.69) is 19.2 Å². The summed E-state index contributed by atoms with van der Waals surface area (Å²) in [6.45, 7) is 7.24. The van der Waals surface area contributed by atoms with E-state index in [1.807, 2.05) is 17.9 Å². The Labute approximate surface area is 125 Å². The number of amides is 2. The van der Waals surface area contributed by atoms with Gasteiger partial charge in [-0.3, -0.25) is 9.59 Å². The molecule has 0 aliphatic carbocycles. The summed E-state index contributed by atoms with van der Waals surface area (Å²) in [6.07, 6.45) is 2.67. The van der Waals surface area contributed by atoms with Crippen molar-refractivity contribution in [3.05, 3.63) is 24.2 Å². The second kappa shape index (κ2) is 6.78. The monoisotopic (exact) mass is 292 g/mol. The summed E-state index contributed by atoms with van der Waals surface area (Å²) in [6, 6.07) is 3.58. The zero-order chi connectivity index (χ0) is 15.4. The minimum atomic E-state index is -0.142. The maximum absolute atomic E-state index is 12.4. The van der Waals surface area contributed by atoms with Crippen LogP contribution in [-0.2, 0) is 16.1 Å². The van der Waals surface area contributed by atoms with Crippen LogP contribution in [0.15, 0.2) is 22.8 Å². The van der Waals surface area contributed by atoms with Crippen LogP contribution in [0.4, 0.5) is 0 Å². The fraction of sp³-hybridized carbons (Fsp3) is 0.625. The number of nitrogens with one attached hydrogen (secondary N) is 1. The summed E-state index contributed by atoms with van der Waals surface area (Å²) in [7, 11) is 0. The first kappa shape index (κ1) is 15.6. The molecule has 0 unspecified atom stereocenters. The molecule has 1 aromatic heterocycles. The molecule has 0 spiro atoms. The van der Waals surface area contributed by atoms with Crippen LogP contribution in [0.3, 0.4) is 0 Å². The Morgan fingerprint density at radius 2 is 2.29 bits per heavy atom. The minimum Gasteiger partial charge on any atom is -0.467 e. The fourth-order valence-electron chi connectivity index (χ4n) is 2.84. The van der Waals surface area contributed by atoms with Gasteiger partial charge in [-0.05, 0) is 31.4 Å². The minimum absolute atomic E-state index is 0.000145. The number of carbonyl (C=O) groups is 2. The van der Waals surface area contributed by atoms with Gasteiger partial charge in [0.15, 0.2) is 0 Å². The van der Waals surface area contributed by atoms with Gasteiger partial charge in [-0.15, -0.1) is 0 Å². The average Bonchev–Trinajstić information content (AvgIpc) is 2.94. The maximum atomic E-state index is 12.4. The smallest absolute Gasteiger partial charge is 0.225 e. The van der Waals surface area contributed by atoms with Gasteiger partial charge in [0.25, 0.3) is 0 Å². The highest BCUT2D eigenvalue weighted by atomic mass is 16.3. The number of hydrogen-bond acceptors (Lipinski definition) is 3. The highest BCUT2D eigenvalue weighted by Gasteiger charge is 2.36. The fourth-order valence-corrected chi connectivity index (χ4v) is 2.84. The molecule has 116 valence electrons. The molecule has 21 heavy (non-hydrogen) atoms. The highest BCUT2D eigenvalue weighted by Crippen LogP contribution is 2.25. The average molecular weight is 292 g/mol. The summed E-state index contributed by atoms with van der Waals surface area (Å²) < 4.78 is 5.21. The van der Waals surface area contributed by atoms with E-state index < -0.39 is 0 Å². The molecule has 1 aliphatic rings. The van der Waals surface area contributed by atoms with Crippen molar-refractivity contribution in [2.24, 2.45) is 11.8 Å². The Balaban J connectivity index is 1.95. The van der Waals surface area contributed by atoms with E-state index in [0.29, 0.717) is 31.8 Å². The Morgan fingerprint density at radius 3 is 2.90 bits per heavy atom. The molecule has 5 nitrogen and oxygen atoms in total. The van der Waals surface area contributed by atoms with E-state index in [4.69, 9.17) is 4.42 Å². The van der Waals surface area contributed by atoms with Crippen LogP contribution in [0.25, 0.3) is 0 Å². The lowest BCUT2D eigenvalue weighted by molar-refractivity contribution is -0.143. The lowest BCUT2D eigenvalue weighted by atomic mass is 9.88. The van der Waals surface area contributed by atoms with Gasteiger partial charge in [0.2, 0.25) is 11.8 Å². The van der Waals surface area contributed by atoms with Crippen molar-refractivity contribution >= 4 is 11.8 Å². The first-order valence-corrected chi connectivity index (χ1v) is 7.58. The number of likely N-dealkylation sites (tertiary alicyclic amines) is 1. The van der Waals surface area contributed by atoms with Gasteiger partial charge in [0.1, 0.15) is 5.76 Å². The summed E-state index contributed by atoms with van der Waals surface area (Å²) in [5.74, 6) is 1.16. The molecule has 2 heterocycles. The summed E-state index contributed by atoms with van der Waals surface area (Å²) in [4.78, 5) is 26.2. The standard InChI is InChI=1S/C16H24N2O3/c1-11(2)10-18-12(3)14(6-7-15(18)19)16(20)17-9-13-5-4-8-21-13/h4-5,8,11-12,14H,6-7,9-10H2,1-3H3,(H,17,20)/t12-,14-/m1/s1. The van der Waals surface area contributed by atoms with Crippen molar-refractivity contribution in [1.29, 1.82) is 0 Å². The van der Waals surface area contributed by atoms with Crippen LogP contribution in [0, 0.1) is 11.8 Å². The van der Waals surface area contributed by atoms with Crippen LogP contribution < -0.4 is 5.32 Å². The molecule has 1 aliphatic heterocycles. The van der Waals surface area contributed by atoms with E-state index in [1.165, 1.54) is 0 Å². The van der Waals surface area contributed by atoms with Crippen molar-refractivity contribution in [2.45, 2.75) is 46.2 Å². The lowest BCUT2D eigenvalue weighted by Crippen LogP contribution is -2.52. The molecule has 2 atom stereocenters. The van der Waals surface area contributed by atoms with Crippen LogP contribution in [-0.4, -0.2) is 29.3 Å². The van der Waals surface area contributed by atoms with E-state index in [1.54, 1.807) is 12.3 Å². The molecule has 0 aromatic carbocycles. The number of carbonyl (C=O) groups excluding carboxylic acids is 2. The van der Waals surface area contributed by atoms with Crippen molar-refractivity contribution in [2.75, 3.05) is 6.54 Å². The SMILES string of the molecule is CC(C)CN1C(=O)CC[C@@H](C(=O)NCc2ccco2)[C@H]1C. The number of nitrogens with zero attached hydrogens (tertiary/aromatic N) is 1. The summed E-state index contributed by atoms with van der Waals surface area (Å²) >= 11 is 0. The molecule has 2 rings (SSSR count). The summed E-state index contributed by atoms with van der Waals surface area (Å²) in [5, 5.41) is 2.90. The predicted octanol–water partition coefficient (Wildman–Crippen LogP) is 2.18. The van der Waals surface area contributed by atoms with Gasteiger partial charge in [-0.1, -0.05) is 13.8 Å². The maximum Gasteiger partial charge on any atom is 0.225 e. The van der Waals surface area contributed by atoms with Crippen LogP contribution in [0.1, 0.15) is 39.4 Å². The topological polar surface area (TPSA) is 62.6 Å². The lowest BCUT2D eigenvalue weighted by Gasteiger charge is -2.39. The molecule has 2 amide bonds. The molecular formula is C16H24N2O3. The first-order chi connectivity index (χ1) is 9.99. The van der Waals surface area contributed by atoms with E-state index in [0.717, 1.165) is 5.76 Å². The second-order valence-electron chi connectivity index (χ2n) is 6.12. The van der Waals surface area contributed by atoms with Crippen molar-refractivity contribution in [3.8, 4) is 0 Å². The van der Waals surface area contributed by atoms with Crippen LogP contribution in [0.2, 0.25) is 0 Å². The molecule has 1 aromatic rings. The van der Waals surface area contributed by atoms with Gasteiger partial charge < -0.3 is 14.6 Å². The normalized spacial score (nSPS) is 22.7. The third kappa shape index (κ3) is 3.86. The Hall–Kier alpha value is -1.78. The van der Waals surface area contributed by atoms with E-state index in [9.17, 15) is 9.59 Å². The van der Waals surface area contributed by atoms with Crippen molar-refractivity contribution in [1.82, 2.24) is 10.2 Å². The van der Waals surface area contributed by atoms with E-state index >= 15 is 0 Å². The van der Waals surface area contributed by atoms with Gasteiger partial charge >= 0.3 is 0 Å². The van der Waals surface area contributed by atoms with Crippen LogP contribution in [0.5, 0.6) is 0 Å². The Bertz CT molecular complexity index is 482. The van der Waals surface area contributed by atoms with Crippen molar-refractivity contribution in [3.63, 3.8) is 0 Å². The van der Waals surface area contributed by atoms with E-state index in [-0.39, 0.29) is 23.8 Å². The molecular weight excluding hydrogens is 268 g/mol. The molecule has 1 N–H and O–H groups in total. The molecule has 0 radical (unpaired) electrons. The number of piperidine rings is 1. The molecule has 1 fully saturated rings. The first-order valence-electron chi connectivity index (χ1n) is 7.58. The predicted molar refractivity (Wildman–Crippen MR) is 79.3 cm³/mol. The molecule has 1 saturated heterocycles. The number of hydrogen-bond donors (Lipinski definition) is 1. The third-order valence-corrected chi connectivity index (χ3v) is 3.98. The number of rotatable bonds is 5. The van der Waals surface area contributed by atoms with Gasteiger partial charge in [0, 0.05) is 19.0 Å². The third-order valence-electron chi connectivity index (χ3n) is 3.98. The molecule has 0 bridgehead atoms.